The smallest absolute Gasteiger partial charge is 0.211 e. The quantitative estimate of drug-likeness (QED) is 0.677. The van der Waals surface area contributed by atoms with Gasteiger partial charge < -0.3 is 5.32 Å². The molecule has 5 heteroatoms. The predicted octanol–water partition coefficient (Wildman–Crippen LogP) is 1.24. The Labute approximate surface area is 105 Å². The number of hydrogen-bond donors (Lipinski definition) is 2. The summed E-state index contributed by atoms with van der Waals surface area (Å²) in [4.78, 5) is 0. The van der Waals surface area contributed by atoms with E-state index in [0.29, 0.717) is 18.4 Å². The van der Waals surface area contributed by atoms with Crippen LogP contribution in [-0.2, 0) is 10.0 Å². The zero-order chi connectivity index (χ0) is 12.3. The van der Waals surface area contributed by atoms with Crippen molar-refractivity contribution in [2.45, 2.75) is 57.5 Å². The molecular formula is C12H24N2O2S. The molecule has 0 spiro atoms. The van der Waals surface area contributed by atoms with E-state index in [2.05, 4.69) is 17.0 Å². The fourth-order valence-electron chi connectivity index (χ4n) is 2.48. The Bertz CT molecular complexity index is 338. The minimum atomic E-state index is -3.06. The molecule has 2 aliphatic rings. The van der Waals surface area contributed by atoms with Crippen molar-refractivity contribution in [2.75, 3.05) is 12.3 Å². The molecule has 2 aliphatic carbocycles. The Balaban J connectivity index is 1.63. The van der Waals surface area contributed by atoms with Gasteiger partial charge in [0.05, 0.1) is 5.75 Å². The van der Waals surface area contributed by atoms with E-state index in [0.717, 1.165) is 25.8 Å². The van der Waals surface area contributed by atoms with Crippen LogP contribution in [0.1, 0.15) is 45.4 Å². The molecular weight excluding hydrogens is 236 g/mol. The van der Waals surface area contributed by atoms with Crippen molar-refractivity contribution in [2.24, 2.45) is 5.92 Å². The van der Waals surface area contributed by atoms with Crippen LogP contribution in [0.4, 0.5) is 0 Å². The summed E-state index contributed by atoms with van der Waals surface area (Å²) in [5.74, 6) is 0.927. The van der Waals surface area contributed by atoms with Gasteiger partial charge in [0.1, 0.15) is 0 Å². The van der Waals surface area contributed by atoms with Crippen LogP contribution < -0.4 is 10.0 Å². The number of nitrogens with one attached hydrogen (secondary N) is 2. The molecule has 0 radical (unpaired) electrons. The van der Waals surface area contributed by atoms with E-state index in [1.54, 1.807) is 0 Å². The van der Waals surface area contributed by atoms with Gasteiger partial charge in [0.2, 0.25) is 10.0 Å². The summed E-state index contributed by atoms with van der Waals surface area (Å²) in [7, 11) is -3.06. The van der Waals surface area contributed by atoms with Crippen molar-refractivity contribution >= 4 is 10.0 Å². The molecule has 0 heterocycles. The second-order valence-corrected chi connectivity index (χ2v) is 7.51. The average Bonchev–Trinajstić information content (AvgIpc) is 2.98. The number of rotatable bonds is 7. The molecule has 0 aromatic carbocycles. The SMILES string of the molecule is CC1CCC(NS(=O)(=O)CCCNC2CC2)C1. The first-order chi connectivity index (χ1) is 8.05. The predicted molar refractivity (Wildman–Crippen MR) is 69.4 cm³/mol. The van der Waals surface area contributed by atoms with Crippen molar-refractivity contribution in [3.8, 4) is 0 Å². The first kappa shape index (κ1) is 13.3. The monoisotopic (exact) mass is 260 g/mol. The second-order valence-electron chi connectivity index (χ2n) is 5.63. The molecule has 0 aromatic heterocycles. The van der Waals surface area contributed by atoms with Gasteiger partial charge in [-0.3, -0.25) is 0 Å². The molecule has 0 aliphatic heterocycles. The largest absolute Gasteiger partial charge is 0.314 e. The zero-order valence-corrected chi connectivity index (χ0v) is 11.4. The van der Waals surface area contributed by atoms with Crippen molar-refractivity contribution in [3.05, 3.63) is 0 Å². The van der Waals surface area contributed by atoms with E-state index in [1.807, 2.05) is 0 Å². The third-order valence-corrected chi connectivity index (χ3v) is 5.16. The molecule has 2 fully saturated rings. The summed E-state index contributed by atoms with van der Waals surface area (Å²) in [6, 6.07) is 0.854. The van der Waals surface area contributed by atoms with Gasteiger partial charge in [0, 0.05) is 12.1 Å². The number of sulfonamides is 1. The Morgan fingerprint density at radius 3 is 2.41 bits per heavy atom. The van der Waals surface area contributed by atoms with E-state index in [-0.39, 0.29) is 11.8 Å². The van der Waals surface area contributed by atoms with E-state index in [1.165, 1.54) is 12.8 Å². The molecule has 0 aromatic rings. The molecule has 100 valence electrons. The normalized spacial score (nSPS) is 29.7. The molecule has 2 saturated carbocycles. The van der Waals surface area contributed by atoms with Crippen molar-refractivity contribution < 1.29 is 8.42 Å². The van der Waals surface area contributed by atoms with Gasteiger partial charge >= 0.3 is 0 Å². The highest BCUT2D eigenvalue weighted by Gasteiger charge is 2.25. The fraction of sp³-hybridized carbons (Fsp3) is 1.00. The molecule has 0 amide bonds. The molecule has 0 bridgehead atoms. The van der Waals surface area contributed by atoms with Crippen LogP contribution in [0.5, 0.6) is 0 Å². The Morgan fingerprint density at radius 1 is 1.12 bits per heavy atom. The maximum atomic E-state index is 11.8. The van der Waals surface area contributed by atoms with Crippen LogP contribution in [0.25, 0.3) is 0 Å². The molecule has 2 atom stereocenters. The van der Waals surface area contributed by atoms with Crippen molar-refractivity contribution in [3.63, 3.8) is 0 Å². The molecule has 4 nitrogen and oxygen atoms in total. The van der Waals surface area contributed by atoms with Crippen LogP contribution in [-0.4, -0.2) is 32.8 Å². The summed E-state index contributed by atoms with van der Waals surface area (Å²) >= 11 is 0. The van der Waals surface area contributed by atoms with Crippen molar-refractivity contribution in [1.82, 2.24) is 10.0 Å². The van der Waals surface area contributed by atoms with Gasteiger partial charge in [-0.15, -0.1) is 0 Å². The van der Waals surface area contributed by atoms with Gasteiger partial charge in [-0.2, -0.15) is 0 Å². The lowest BCUT2D eigenvalue weighted by Crippen LogP contribution is -2.35. The van der Waals surface area contributed by atoms with Crippen LogP contribution in [0.15, 0.2) is 0 Å². The standard InChI is InChI=1S/C12H24N2O2S/c1-10-3-4-12(9-10)14-17(15,16)8-2-7-13-11-5-6-11/h10-14H,2-9H2,1H3. The van der Waals surface area contributed by atoms with Gasteiger partial charge in [-0.25, -0.2) is 13.1 Å². The van der Waals surface area contributed by atoms with Crippen LogP contribution in [0.2, 0.25) is 0 Å². The molecule has 2 unspecified atom stereocenters. The minimum Gasteiger partial charge on any atom is -0.314 e. The van der Waals surface area contributed by atoms with Gasteiger partial charge in [-0.1, -0.05) is 6.92 Å². The summed E-state index contributed by atoms with van der Waals surface area (Å²) in [6.07, 6.45) is 6.38. The van der Waals surface area contributed by atoms with E-state index < -0.39 is 10.0 Å². The molecule has 17 heavy (non-hydrogen) atoms. The first-order valence-corrected chi connectivity index (χ1v) is 8.44. The summed E-state index contributed by atoms with van der Waals surface area (Å²) in [5.41, 5.74) is 0. The van der Waals surface area contributed by atoms with Crippen LogP contribution in [0.3, 0.4) is 0 Å². The third-order valence-electron chi connectivity index (χ3n) is 3.64. The number of hydrogen-bond acceptors (Lipinski definition) is 3. The molecule has 2 rings (SSSR count). The Kier molecular flexibility index (Phi) is 4.44. The summed E-state index contributed by atoms with van der Waals surface area (Å²) in [5, 5.41) is 3.34. The lowest BCUT2D eigenvalue weighted by Gasteiger charge is -2.13. The lowest BCUT2D eigenvalue weighted by atomic mass is 10.1. The summed E-state index contributed by atoms with van der Waals surface area (Å²) in [6.45, 7) is 3.01. The van der Waals surface area contributed by atoms with Crippen LogP contribution >= 0.6 is 0 Å². The minimum absolute atomic E-state index is 0.186. The van der Waals surface area contributed by atoms with Crippen molar-refractivity contribution in [1.29, 1.82) is 0 Å². The van der Waals surface area contributed by atoms with Crippen LogP contribution in [0, 0.1) is 5.92 Å². The van der Waals surface area contributed by atoms with Gasteiger partial charge in [0.15, 0.2) is 0 Å². The first-order valence-electron chi connectivity index (χ1n) is 6.78. The maximum Gasteiger partial charge on any atom is 0.211 e. The topological polar surface area (TPSA) is 58.2 Å². The lowest BCUT2D eigenvalue weighted by molar-refractivity contribution is 0.535. The fourth-order valence-corrected chi connectivity index (χ4v) is 3.85. The Hall–Kier alpha value is -0.130. The highest BCUT2D eigenvalue weighted by molar-refractivity contribution is 7.89. The van der Waals surface area contributed by atoms with Gasteiger partial charge in [0.25, 0.3) is 0 Å². The highest BCUT2D eigenvalue weighted by Crippen LogP contribution is 2.25. The highest BCUT2D eigenvalue weighted by atomic mass is 32.2. The summed E-state index contributed by atoms with van der Waals surface area (Å²) < 4.78 is 26.5. The van der Waals surface area contributed by atoms with E-state index >= 15 is 0 Å². The second kappa shape index (κ2) is 5.67. The van der Waals surface area contributed by atoms with E-state index in [9.17, 15) is 8.42 Å². The molecule has 0 saturated heterocycles. The van der Waals surface area contributed by atoms with Gasteiger partial charge in [-0.05, 0) is 51.0 Å². The Morgan fingerprint density at radius 2 is 1.82 bits per heavy atom. The average molecular weight is 260 g/mol. The molecule has 2 N–H and O–H groups in total. The maximum absolute atomic E-state index is 11.8. The van der Waals surface area contributed by atoms with E-state index in [4.69, 9.17) is 0 Å². The third kappa shape index (κ3) is 4.94. The zero-order valence-electron chi connectivity index (χ0n) is 10.6.